The molecule has 1 amide bonds. The standard InChI is InChI=1S/C34H31FN4O5S/c1-19-7-9-21(10-8-19)33-31(34(40)36-3)26-17-25(27(18-29(26)44-33)38(4)45(6,41)42)22-15-28-32(30(16-22)43-5)37-20(2)39(28)24-13-11-23(35)12-14-24/h7-18H,1-6H3,(H,36,40). The zero-order valence-electron chi connectivity index (χ0n) is 25.6. The number of furan rings is 1. The van der Waals surface area contributed by atoms with Crippen LogP contribution in [0.25, 0.3) is 50.1 Å². The molecule has 1 N–H and O–H groups in total. The molecule has 0 aliphatic heterocycles. The molecule has 45 heavy (non-hydrogen) atoms. The number of aromatic nitrogens is 2. The highest BCUT2D eigenvalue weighted by molar-refractivity contribution is 7.92. The van der Waals surface area contributed by atoms with Crippen LogP contribution in [-0.4, -0.2) is 51.3 Å². The third-order valence-corrected chi connectivity index (χ3v) is 9.11. The Bertz CT molecular complexity index is 2220. The van der Waals surface area contributed by atoms with E-state index in [1.807, 2.05) is 48.7 Å². The number of nitrogens with zero attached hydrogens (tertiary/aromatic N) is 3. The topological polar surface area (TPSA) is 107 Å². The molecule has 0 atom stereocenters. The van der Waals surface area contributed by atoms with Crippen molar-refractivity contribution < 1.29 is 26.8 Å². The first-order valence-corrected chi connectivity index (χ1v) is 15.9. The number of hydrogen-bond donors (Lipinski definition) is 1. The van der Waals surface area contributed by atoms with Gasteiger partial charge in [-0.25, -0.2) is 17.8 Å². The first-order chi connectivity index (χ1) is 21.4. The van der Waals surface area contributed by atoms with Gasteiger partial charge in [-0.2, -0.15) is 0 Å². The summed E-state index contributed by atoms with van der Waals surface area (Å²) in [4.78, 5) is 18.1. The Hall–Kier alpha value is -5.16. The van der Waals surface area contributed by atoms with Gasteiger partial charge in [0.05, 0.1) is 30.1 Å². The van der Waals surface area contributed by atoms with Gasteiger partial charge in [0.2, 0.25) is 10.0 Å². The van der Waals surface area contributed by atoms with Crippen LogP contribution in [0.5, 0.6) is 5.75 Å². The molecule has 6 rings (SSSR count). The lowest BCUT2D eigenvalue weighted by Gasteiger charge is -2.21. The van der Waals surface area contributed by atoms with Crippen LogP contribution >= 0.6 is 0 Å². The number of fused-ring (bicyclic) bond motifs is 2. The summed E-state index contributed by atoms with van der Waals surface area (Å²) in [6.07, 6.45) is 1.12. The number of carbonyl (C=O) groups excluding carboxylic acids is 1. The fourth-order valence-corrected chi connectivity index (χ4v) is 6.06. The van der Waals surface area contributed by atoms with Crippen LogP contribution in [0.1, 0.15) is 21.7 Å². The summed E-state index contributed by atoms with van der Waals surface area (Å²) in [6.45, 7) is 3.81. The summed E-state index contributed by atoms with van der Waals surface area (Å²) in [5.74, 6) is 0.761. The number of carbonyl (C=O) groups is 1. The molecule has 6 aromatic rings. The van der Waals surface area contributed by atoms with Crippen LogP contribution in [0.15, 0.2) is 77.2 Å². The van der Waals surface area contributed by atoms with Crippen molar-refractivity contribution in [1.82, 2.24) is 14.9 Å². The molecule has 0 fully saturated rings. The van der Waals surface area contributed by atoms with Crippen molar-refractivity contribution in [2.24, 2.45) is 0 Å². The first kappa shape index (κ1) is 29.9. The molecule has 0 bridgehead atoms. The molecule has 0 spiro atoms. The van der Waals surface area contributed by atoms with Gasteiger partial charge in [0, 0.05) is 42.4 Å². The summed E-state index contributed by atoms with van der Waals surface area (Å²) in [6, 6.07) is 20.7. The largest absolute Gasteiger partial charge is 0.494 e. The number of halogens is 1. The molecule has 4 aromatic carbocycles. The number of rotatable bonds is 7. The number of nitrogens with one attached hydrogen (secondary N) is 1. The Kier molecular flexibility index (Phi) is 7.36. The predicted molar refractivity (Wildman–Crippen MR) is 174 cm³/mol. The van der Waals surface area contributed by atoms with Crippen LogP contribution in [0.2, 0.25) is 0 Å². The van der Waals surface area contributed by atoms with Gasteiger partial charge in [-0.05, 0) is 61.9 Å². The molecule has 0 aliphatic carbocycles. The van der Waals surface area contributed by atoms with E-state index in [0.717, 1.165) is 11.8 Å². The summed E-state index contributed by atoms with van der Waals surface area (Å²) < 4.78 is 54.7. The van der Waals surface area contributed by atoms with E-state index in [0.29, 0.717) is 73.0 Å². The van der Waals surface area contributed by atoms with Crippen LogP contribution in [0.4, 0.5) is 10.1 Å². The van der Waals surface area contributed by atoms with Gasteiger partial charge in [-0.1, -0.05) is 29.8 Å². The molecule has 0 saturated carbocycles. The highest BCUT2D eigenvalue weighted by Gasteiger charge is 2.27. The van der Waals surface area contributed by atoms with Crippen LogP contribution in [-0.2, 0) is 10.0 Å². The number of anilines is 1. The molecular formula is C34H31FN4O5S. The lowest BCUT2D eigenvalue weighted by Crippen LogP contribution is -2.25. The number of hydrogen-bond acceptors (Lipinski definition) is 6. The predicted octanol–water partition coefficient (Wildman–Crippen LogP) is 6.63. The minimum atomic E-state index is -3.72. The van der Waals surface area contributed by atoms with E-state index in [1.165, 1.54) is 30.6 Å². The van der Waals surface area contributed by atoms with Gasteiger partial charge in [0.15, 0.2) is 0 Å². The van der Waals surface area contributed by atoms with E-state index in [-0.39, 0.29) is 11.7 Å². The number of benzene rings is 4. The number of ether oxygens (including phenoxy) is 1. The smallest absolute Gasteiger partial charge is 0.255 e. The van der Waals surface area contributed by atoms with Crippen molar-refractivity contribution in [3.05, 3.63) is 95.6 Å². The maximum Gasteiger partial charge on any atom is 0.255 e. The van der Waals surface area contributed by atoms with Gasteiger partial charge in [0.25, 0.3) is 5.91 Å². The summed E-state index contributed by atoms with van der Waals surface area (Å²) in [5, 5.41) is 3.22. The lowest BCUT2D eigenvalue weighted by molar-refractivity contribution is 0.0964. The summed E-state index contributed by atoms with van der Waals surface area (Å²) in [7, 11) is 0.826. The average Bonchev–Trinajstić information content (AvgIpc) is 3.56. The molecule has 0 radical (unpaired) electrons. The summed E-state index contributed by atoms with van der Waals surface area (Å²) >= 11 is 0. The average molecular weight is 627 g/mol. The number of amides is 1. The van der Waals surface area contributed by atoms with E-state index in [4.69, 9.17) is 14.1 Å². The Balaban J connectivity index is 1.69. The Morgan fingerprint density at radius 3 is 2.31 bits per heavy atom. The molecule has 0 aliphatic rings. The normalized spacial score (nSPS) is 11.7. The van der Waals surface area contributed by atoms with E-state index in [9.17, 15) is 17.6 Å². The number of imidazole rings is 1. The quantitative estimate of drug-likeness (QED) is 0.213. The molecule has 0 saturated heterocycles. The van der Waals surface area contributed by atoms with Crippen molar-refractivity contribution in [2.75, 3.05) is 31.8 Å². The number of aryl methyl sites for hydroxylation is 2. The fraction of sp³-hybridized carbons (Fsp3) is 0.176. The highest BCUT2D eigenvalue weighted by atomic mass is 32.2. The molecule has 230 valence electrons. The van der Waals surface area contributed by atoms with E-state index < -0.39 is 10.0 Å². The van der Waals surface area contributed by atoms with Crippen molar-refractivity contribution in [2.45, 2.75) is 13.8 Å². The number of methoxy groups -OCH3 is 1. The lowest BCUT2D eigenvalue weighted by atomic mass is 9.97. The van der Waals surface area contributed by atoms with Gasteiger partial charge in [-0.3, -0.25) is 13.7 Å². The van der Waals surface area contributed by atoms with Crippen LogP contribution in [0.3, 0.4) is 0 Å². The summed E-state index contributed by atoms with van der Waals surface area (Å²) in [5.41, 5.74) is 5.83. The second-order valence-electron chi connectivity index (χ2n) is 10.9. The third kappa shape index (κ3) is 5.18. The van der Waals surface area contributed by atoms with Crippen molar-refractivity contribution in [3.63, 3.8) is 0 Å². The Labute approximate surface area is 259 Å². The minimum Gasteiger partial charge on any atom is -0.494 e. The fourth-order valence-electron chi connectivity index (χ4n) is 5.55. The highest BCUT2D eigenvalue weighted by Crippen LogP contribution is 2.43. The van der Waals surface area contributed by atoms with Crippen molar-refractivity contribution >= 4 is 43.6 Å². The number of sulfonamides is 1. The maximum atomic E-state index is 13.8. The zero-order chi connectivity index (χ0) is 32.2. The van der Waals surface area contributed by atoms with E-state index in [2.05, 4.69) is 5.32 Å². The maximum absolute atomic E-state index is 13.8. The third-order valence-electron chi connectivity index (χ3n) is 7.92. The minimum absolute atomic E-state index is 0.325. The molecular weight excluding hydrogens is 595 g/mol. The van der Waals surface area contributed by atoms with Gasteiger partial charge in [0.1, 0.15) is 34.3 Å². The molecule has 11 heteroatoms. The molecule has 2 aromatic heterocycles. The van der Waals surface area contributed by atoms with Crippen LogP contribution < -0.4 is 14.4 Å². The molecule has 0 unspecified atom stereocenters. The SMILES string of the molecule is CNC(=O)c1c(-c2ccc(C)cc2)oc2cc(N(C)S(C)(=O)=O)c(-c3cc(OC)c4nc(C)n(-c5ccc(F)cc5)c4c3)cc12. The second kappa shape index (κ2) is 11.1. The molecule has 9 nitrogen and oxygen atoms in total. The van der Waals surface area contributed by atoms with Gasteiger partial charge < -0.3 is 14.5 Å². The van der Waals surface area contributed by atoms with Crippen LogP contribution in [0, 0.1) is 19.7 Å². The van der Waals surface area contributed by atoms with Gasteiger partial charge in [-0.15, -0.1) is 0 Å². The zero-order valence-corrected chi connectivity index (χ0v) is 26.4. The van der Waals surface area contributed by atoms with E-state index in [1.54, 1.807) is 37.4 Å². The Morgan fingerprint density at radius 2 is 1.69 bits per heavy atom. The van der Waals surface area contributed by atoms with Crippen molar-refractivity contribution in [1.29, 1.82) is 0 Å². The monoisotopic (exact) mass is 626 g/mol. The first-order valence-electron chi connectivity index (χ1n) is 14.1. The van der Waals surface area contributed by atoms with E-state index >= 15 is 0 Å². The van der Waals surface area contributed by atoms with Gasteiger partial charge >= 0.3 is 0 Å². The Morgan fingerprint density at radius 1 is 1.00 bits per heavy atom. The molecule has 2 heterocycles. The second-order valence-corrected chi connectivity index (χ2v) is 12.9. The van der Waals surface area contributed by atoms with Crippen molar-refractivity contribution in [3.8, 4) is 33.9 Å².